The van der Waals surface area contributed by atoms with E-state index in [9.17, 15) is 14.4 Å². The van der Waals surface area contributed by atoms with Gasteiger partial charge < -0.3 is 5.32 Å². The van der Waals surface area contributed by atoms with Crippen molar-refractivity contribution in [1.29, 1.82) is 0 Å². The summed E-state index contributed by atoms with van der Waals surface area (Å²) in [7, 11) is 0. The number of halogens is 1. The van der Waals surface area contributed by atoms with Gasteiger partial charge in [-0.3, -0.25) is 24.3 Å². The van der Waals surface area contributed by atoms with Gasteiger partial charge in [0.25, 0.3) is 11.8 Å². The maximum Gasteiger partial charge on any atom is 0.261 e. The van der Waals surface area contributed by atoms with E-state index in [1.165, 1.54) is 0 Å². The van der Waals surface area contributed by atoms with E-state index in [2.05, 4.69) is 26.2 Å². The summed E-state index contributed by atoms with van der Waals surface area (Å²) < 4.78 is 0.738. The van der Waals surface area contributed by atoms with E-state index >= 15 is 0 Å². The van der Waals surface area contributed by atoms with Crippen molar-refractivity contribution >= 4 is 33.7 Å². The van der Waals surface area contributed by atoms with Crippen LogP contribution in [-0.2, 0) is 11.2 Å². The largest absolute Gasteiger partial charge is 0.356 e. The Bertz CT molecular complexity index is 824. The second-order valence-electron chi connectivity index (χ2n) is 5.62. The summed E-state index contributed by atoms with van der Waals surface area (Å²) in [5.41, 5.74) is 1.65. The van der Waals surface area contributed by atoms with Crippen molar-refractivity contribution in [1.82, 2.24) is 15.2 Å². The number of carbonyl (C=O) groups excluding carboxylic acids is 3. The molecule has 0 atom stereocenters. The van der Waals surface area contributed by atoms with E-state index in [0.717, 1.165) is 15.1 Å². The number of fused-ring (bicyclic) bond motifs is 1. The Morgan fingerprint density at radius 1 is 1.12 bits per heavy atom. The smallest absolute Gasteiger partial charge is 0.261 e. The van der Waals surface area contributed by atoms with Gasteiger partial charge in [-0.2, -0.15) is 0 Å². The van der Waals surface area contributed by atoms with E-state index in [-0.39, 0.29) is 30.7 Å². The lowest BCUT2D eigenvalue weighted by atomic mass is 10.1. The van der Waals surface area contributed by atoms with E-state index < -0.39 is 0 Å². The first-order valence-electron chi connectivity index (χ1n) is 7.88. The average molecular weight is 402 g/mol. The third-order valence-corrected chi connectivity index (χ3v) is 4.42. The van der Waals surface area contributed by atoms with Crippen molar-refractivity contribution in [3.05, 3.63) is 63.9 Å². The molecule has 0 unspecified atom stereocenters. The summed E-state index contributed by atoms with van der Waals surface area (Å²) in [6, 6.07) is 10.6. The Hall–Kier alpha value is -2.54. The van der Waals surface area contributed by atoms with Gasteiger partial charge in [0.2, 0.25) is 5.91 Å². The topological polar surface area (TPSA) is 79.4 Å². The molecule has 0 radical (unpaired) electrons. The standard InChI is InChI=1S/C18H16BrN3O3/c19-12-4-5-14-15(11-12)18(25)22(17(14)24)10-7-16(23)21-9-6-13-3-1-2-8-20-13/h1-5,8,11H,6-7,9-10H2,(H,21,23). The minimum absolute atomic E-state index is 0.0688. The summed E-state index contributed by atoms with van der Waals surface area (Å²) in [4.78, 5) is 41.8. The Morgan fingerprint density at radius 3 is 2.68 bits per heavy atom. The molecular weight excluding hydrogens is 386 g/mol. The summed E-state index contributed by atoms with van der Waals surface area (Å²) >= 11 is 3.29. The molecule has 3 rings (SSSR count). The fourth-order valence-corrected chi connectivity index (χ4v) is 3.00. The third kappa shape index (κ3) is 3.93. The molecule has 0 saturated carbocycles. The molecule has 0 aliphatic carbocycles. The van der Waals surface area contributed by atoms with Crippen LogP contribution in [-0.4, -0.2) is 40.7 Å². The van der Waals surface area contributed by atoms with Crippen molar-refractivity contribution < 1.29 is 14.4 Å². The van der Waals surface area contributed by atoms with Gasteiger partial charge in [-0.1, -0.05) is 22.0 Å². The summed E-state index contributed by atoms with van der Waals surface area (Å²) in [5, 5.41) is 2.78. The summed E-state index contributed by atoms with van der Waals surface area (Å²) in [6.07, 6.45) is 2.42. The number of nitrogens with one attached hydrogen (secondary N) is 1. The van der Waals surface area contributed by atoms with Crippen LogP contribution in [0.25, 0.3) is 0 Å². The van der Waals surface area contributed by atoms with E-state index in [0.29, 0.717) is 24.1 Å². The van der Waals surface area contributed by atoms with E-state index in [1.807, 2.05) is 18.2 Å². The molecule has 3 amide bonds. The second-order valence-corrected chi connectivity index (χ2v) is 6.54. The van der Waals surface area contributed by atoms with Crippen LogP contribution in [0.15, 0.2) is 47.1 Å². The van der Waals surface area contributed by atoms with Gasteiger partial charge in [-0.25, -0.2) is 0 Å². The highest BCUT2D eigenvalue weighted by Crippen LogP contribution is 2.26. The molecule has 0 spiro atoms. The van der Waals surface area contributed by atoms with Gasteiger partial charge in [0.05, 0.1) is 11.1 Å². The molecule has 25 heavy (non-hydrogen) atoms. The van der Waals surface area contributed by atoms with Crippen molar-refractivity contribution in [2.45, 2.75) is 12.8 Å². The SMILES string of the molecule is O=C(CCN1C(=O)c2ccc(Br)cc2C1=O)NCCc1ccccn1. The number of carbonyl (C=O) groups is 3. The predicted octanol–water partition coefficient (Wildman–Crippen LogP) is 2.19. The molecule has 1 N–H and O–H groups in total. The Labute approximate surface area is 153 Å². The fourth-order valence-electron chi connectivity index (χ4n) is 2.64. The highest BCUT2D eigenvalue weighted by Gasteiger charge is 2.35. The Morgan fingerprint density at radius 2 is 1.92 bits per heavy atom. The van der Waals surface area contributed by atoms with Gasteiger partial charge in [-0.15, -0.1) is 0 Å². The molecule has 7 heteroatoms. The first-order valence-corrected chi connectivity index (χ1v) is 8.68. The predicted molar refractivity (Wildman–Crippen MR) is 95.1 cm³/mol. The number of benzene rings is 1. The van der Waals surface area contributed by atoms with Crippen LogP contribution in [0.1, 0.15) is 32.8 Å². The van der Waals surface area contributed by atoms with Gasteiger partial charge in [0, 0.05) is 42.3 Å². The lowest BCUT2D eigenvalue weighted by Gasteiger charge is -2.13. The zero-order valence-electron chi connectivity index (χ0n) is 13.4. The van der Waals surface area contributed by atoms with Crippen LogP contribution in [0.3, 0.4) is 0 Å². The molecule has 0 fully saturated rings. The number of pyridine rings is 1. The molecule has 0 saturated heterocycles. The molecule has 128 valence electrons. The normalized spacial score (nSPS) is 13.1. The molecule has 1 aliphatic rings. The van der Waals surface area contributed by atoms with Crippen LogP contribution >= 0.6 is 15.9 Å². The number of aromatic nitrogens is 1. The molecule has 1 aromatic heterocycles. The highest BCUT2D eigenvalue weighted by molar-refractivity contribution is 9.10. The van der Waals surface area contributed by atoms with Crippen molar-refractivity contribution in [2.24, 2.45) is 0 Å². The first kappa shape index (κ1) is 17.3. The van der Waals surface area contributed by atoms with Crippen molar-refractivity contribution in [3.63, 3.8) is 0 Å². The molecule has 6 nitrogen and oxygen atoms in total. The Kier molecular flexibility index (Phi) is 5.23. The van der Waals surface area contributed by atoms with Crippen molar-refractivity contribution in [2.75, 3.05) is 13.1 Å². The van der Waals surface area contributed by atoms with Crippen LogP contribution in [0.5, 0.6) is 0 Å². The molecular formula is C18H16BrN3O3. The number of hydrogen-bond acceptors (Lipinski definition) is 4. The maximum absolute atomic E-state index is 12.3. The van der Waals surface area contributed by atoms with Gasteiger partial charge >= 0.3 is 0 Å². The maximum atomic E-state index is 12.3. The quantitative estimate of drug-likeness (QED) is 0.752. The van der Waals surface area contributed by atoms with Gasteiger partial charge in [0.15, 0.2) is 0 Å². The molecule has 0 bridgehead atoms. The zero-order chi connectivity index (χ0) is 17.8. The minimum Gasteiger partial charge on any atom is -0.356 e. The number of hydrogen-bond donors (Lipinski definition) is 1. The number of imide groups is 1. The first-order chi connectivity index (χ1) is 12.1. The number of rotatable bonds is 6. The molecule has 1 aliphatic heterocycles. The fraction of sp³-hybridized carbons (Fsp3) is 0.222. The van der Waals surface area contributed by atoms with Crippen LogP contribution in [0.2, 0.25) is 0 Å². The minimum atomic E-state index is -0.359. The van der Waals surface area contributed by atoms with Crippen LogP contribution in [0, 0.1) is 0 Å². The molecule has 1 aromatic carbocycles. The molecule has 2 aromatic rings. The summed E-state index contributed by atoms with van der Waals surface area (Å²) in [5.74, 6) is -0.912. The Balaban J connectivity index is 1.49. The summed E-state index contributed by atoms with van der Waals surface area (Å²) in [6.45, 7) is 0.532. The monoisotopic (exact) mass is 401 g/mol. The van der Waals surface area contributed by atoms with E-state index in [1.54, 1.807) is 24.4 Å². The third-order valence-electron chi connectivity index (χ3n) is 3.92. The van der Waals surface area contributed by atoms with Gasteiger partial charge in [0.1, 0.15) is 0 Å². The van der Waals surface area contributed by atoms with Crippen molar-refractivity contribution in [3.8, 4) is 0 Å². The second kappa shape index (κ2) is 7.57. The van der Waals surface area contributed by atoms with Crippen LogP contribution < -0.4 is 5.32 Å². The van der Waals surface area contributed by atoms with E-state index in [4.69, 9.17) is 0 Å². The van der Waals surface area contributed by atoms with Crippen LogP contribution in [0.4, 0.5) is 0 Å². The lowest BCUT2D eigenvalue weighted by Crippen LogP contribution is -2.35. The molecule has 2 heterocycles. The average Bonchev–Trinajstić information content (AvgIpc) is 2.84. The lowest BCUT2D eigenvalue weighted by molar-refractivity contribution is -0.121. The zero-order valence-corrected chi connectivity index (χ0v) is 15.0. The van der Waals surface area contributed by atoms with Gasteiger partial charge in [-0.05, 0) is 30.3 Å². The number of amides is 3. The highest BCUT2D eigenvalue weighted by atomic mass is 79.9. The number of nitrogens with zero attached hydrogens (tertiary/aromatic N) is 2.